The van der Waals surface area contributed by atoms with Crippen LogP contribution in [0.4, 0.5) is 5.69 Å². The molecule has 6 heteroatoms. The molecule has 0 unspecified atom stereocenters. The first-order chi connectivity index (χ1) is 15.5. The normalized spacial score (nSPS) is 11.2. The van der Waals surface area contributed by atoms with E-state index in [9.17, 15) is 10.1 Å². The van der Waals surface area contributed by atoms with Gasteiger partial charge in [0.2, 0.25) is 5.91 Å². The number of amides is 1. The van der Waals surface area contributed by atoms with E-state index in [0.29, 0.717) is 28.7 Å². The van der Waals surface area contributed by atoms with Gasteiger partial charge in [0.1, 0.15) is 11.1 Å². The average Bonchev–Trinajstić information content (AvgIpc) is 3.12. The Balaban J connectivity index is 1.45. The van der Waals surface area contributed by atoms with Crippen LogP contribution in [0.5, 0.6) is 0 Å². The summed E-state index contributed by atoms with van der Waals surface area (Å²) in [4.78, 5) is 17.2. The summed E-state index contributed by atoms with van der Waals surface area (Å²) in [7, 11) is 0. The standard InChI is InChI=1S/C26H26N4OS/c1-4-30-23-8-6-5-7-20(23)21-15-19(10-12-24(21)30)28-25(31)13-14-32-26-18(16-27)9-11-22(29-26)17(2)3/h5-12,15,17H,4,13-14H2,1-3H3,(H,28,31). The highest BCUT2D eigenvalue weighted by Gasteiger charge is 2.12. The molecule has 2 aromatic carbocycles. The fourth-order valence-corrected chi connectivity index (χ4v) is 4.83. The second kappa shape index (κ2) is 9.46. The van der Waals surface area contributed by atoms with Gasteiger partial charge in [-0.05, 0) is 49.2 Å². The van der Waals surface area contributed by atoms with Crippen LogP contribution < -0.4 is 5.32 Å². The van der Waals surface area contributed by atoms with Gasteiger partial charge in [-0.2, -0.15) is 5.26 Å². The van der Waals surface area contributed by atoms with E-state index >= 15 is 0 Å². The van der Waals surface area contributed by atoms with Crippen LogP contribution in [0.2, 0.25) is 0 Å². The van der Waals surface area contributed by atoms with E-state index in [1.54, 1.807) is 0 Å². The number of thioether (sulfide) groups is 1. The van der Waals surface area contributed by atoms with Gasteiger partial charge in [0.15, 0.2) is 0 Å². The molecule has 2 heterocycles. The highest BCUT2D eigenvalue weighted by Crippen LogP contribution is 2.31. The number of nitrogens with zero attached hydrogens (tertiary/aromatic N) is 3. The highest BCUT2D eigenvalue weighted by molar-refractivity contribution is 7.99. The Morgan fingerprint density at radius 2 is 1.91 bits per heavy atom. The van der Waals surface area contributed by atoms with Gasteiger partial charge < -0.3 is 9.88 Å². The van der Waals surface area contributed by atoms with Gasteiger partial charge in [-0.3, -0.25) is 4.79 Å². The van der Waals surface area contributed by atoms with E-state index in [1.165, 1.54) is 28.2 Å². The van der Waals surface area contributed by atoms with Crippen molar-refractivity contribution in [2.45, 2.75) is 44.7 Å². The van der Waals surface area contributed by atoms with Crippen LogP contribution in [0.25, 0.3) is 21.8 Å². The third-order valence-corrected chi connectivity index (χ3v) is 6.53. The zero-order chi connectivity index (χ0) is 22.7. The van der Waals surface area contributed by atoms with Gasteiger partial charge in [-0.1, -0.05) is 32.0 Å². The number of nitrogens with one attached hydrogen (secondary N) is 1. The van der Waals surface area contributed by atoms with Gasteiger partial charge in [0.25, 0.3) is 0 Å². The summed E-state index contributed by atoms with van der Waals surface area (Å²) in [6, 6.07) is 20.3. The average molecular weight is 443 g/mol. The molecule has 5 nitrogen and oxygen atoms in total. The smallest absolute Gasteiger partial charge is 0.225 e. The van der Waals surface area contributed by atoms with Gasteiger partial charge in [-0.15, -0.1) is 11.8 Å². The summed E-state index contributed by atoms with van der Waals surface area (Å²) in [6.07, 6.45) is 0.345. The van der Waals surface area contributed by atoms with Crippen molar-refractivity contribution < 1.29 is 4.79 Å². The van der Waals surface area contributed by atoms with Crippen molar-refractivity contribution in [3.05, 3.63) is 65.9 Å². The number of nitriles is 1. The van der Waals surface area contributed by atoms with Crippen molar-refractivity contribution in [1.82, 2.24) is 9.55 Å². The first kappa shape index (κ1) is 21.9. The second-order valence-corrected chi connectivity index (χ2v) is 9.08. The Morgan fingerprint density at radius 3 is 2.66 bits per heavy atom. The van der Waals surface area contributed by atoms with Crippen molar-refractivity contribution in [2.24, 2.45) is 0 Å². The molecule has 4 rings (SSSR count). The molecule has 162 valence electrons. The molecule has 0 aliphatic carbocycles. The number of anilines is 1. The minimum Gasteiger partial charge on any atom is -0.341 e. The number of carbonyl (C=O) groups is 1. The second-order valence-electron chi connectivity index (χ2n) is 8.00. The molecule has 1 N–H and O–H groups in total. The van der Waals surface area contributed by atoms with Gasteiger partial charge in [0, 0.05) is 51.9 Å². The summed E-state index contributed by atoms with van der Waals surface area (Å²) < 4.78 is 2.29. The van der Waals surface area contributed by atoms with Crippen LogP contribution in [0.3, 0.4) is 0 Å². The molecule has 0 aliphatic rings. The molecule has 0 radical (unpaired) electrons. The first-order valence-corrected chi connectivity index (χ1v) is 11.8. The maximum absolute atomic E-state index is 12.6. The van der Waals surface area contributed by atoms with E-state index in [0.717, 1.165) is 23.3 Å². The summed E-state index contributed by atoms with van der Waals surface area (Å²) in [5, 5.41) is 15.4. The molecule has 4 aromatic rings. The highest BCUT2D eigenvalue weighted by atomic mass is 32.2. The Labute approximate surface area is 192 Å². The van der Waals surface area contributed by atoms with E-state index in [2.05, 4.69) is 72.0 Å². The minimum atomic E-state index is -0.0467. The molecule has 0 aliphatic heterocycles. The van der Waals surface area contributed by atoms with Crippen LogP contribution in [0.15, 0.2) is 59.6 Å². The summed E-state index contributed by atoms with van der Waals surface area (Å²) in [5.74, 6) is 0.806. The van der Waals surface area contributed by atoms with Crippen molar-refractivity contribution in [2.75, 3.05) is 11.1 Å². The Bertz CT molecular complexity index is 1330. The SMILES string of the molecule is CCn1c2ccccc2c2cc(NC(=O)CCSc3nc(C(C)C)ccc3C#N)ccc21. The van der Waals surface area contributed by atoms with Crippen molar-refractivity contribution in [3.63, 3.8) is 0 Å². The third kappa shape index (κ3) is 4.35. The summed E-state index contributed by atoms with van der Waals surface area (Å²) in [6.45, 7) is 7.18. The molecule has 2 aromatic heterocycles. The van der Waals surface area contributed by atoms with E-state index in [-0.39, 0.29) is 5.91 Å². The Kier molecular flexibility index (Phi) is 6.48. The molecule has 0 saturated heterocycles. The van der Waals surface area contributed by atoms with Crippen molar-refractivity contribution in [1.29, 1.82) is 5.26 Å². The summed E-state index contributed by atoms with van der Waals surface area (Å²) in [5.41, 5.74) is 4.67. The lowest BCUT2D eigenvalue weighted by atomic mass is 10.1. The number of aromatic nitrogens is 2. The summed E-state index contributed by atoms with van der Waals surface area (Å²) >= 11 is 1.46. The monoisotopic (exact) mass is 442 g/mol. The molecule has 0 saturated carbocycles. The topological polar surface area (TPSA) is 70.7 Å². The Morgan fingerprint density at radius 1 is 1.12 bits per heavy atom. The molecular weight excluding hydrogens is 416 g/mol. The van der Waals surface area contributed by atoms with E-state index < -0.39 is 0 Å². The van der Waals surface area contributed by atoms with E-state index in [4.69, 9.17) is 0 Å². The van der Waals surface area contributed by atoms with Gasteiger partial charge in [-0.25, -0.2) is 4.98 Å². The van der Waals surface area contributed by atoms with Crippen LogP contribution in [0, 0.1) is 11.3 Å². The number of carbonyl (C=O) groups excluding carboxylic acids is 1. The minimum absolute atomic E-state index is 0.0467. The fraction of sp³-hybridized carbons (Fsp3) is 0.269. The lowest BCUT2D eigenvalue weighted by Gasteiger charge is -2.09. The maximum Gasteiger partial charge on any atom is 0.225 e. The number of aryl methyl sites for hydroxylation is 1. The van der Waals surface area contributed by atoms with Gasteiger partial charge >= 0.3 is 0 Å². The molecule has 0 fully saturated rings. The number of fused-ring (bicyclic) bond motifs is 3. The largest absolute Gasteiger partial charge is 0.341 e. The number of benzene rings is 2. The third-order valence-electron chi connectivity index (χ3n) is 5.53. The predicted molar refractivity (Wildman–Crippen MR) is 132 cm³/mol. The van der Waals surface area contributed by atoms with Crippen LogP contribution in [0.1, 0.15) is 44.4 Å². The van der Waals surface area contributed by atoms with Crippen LogP contribution >= 0.6 is 11.8 Å². The lowest BCUT2D eigenvalue weighted by Crippen LogP contribution is -2.12. The molecule has 32 heavy (non-hydrogen) atoms. The van der Waals surface area contributed by atoms with E-state index in [1.807, 2.05) is 24.3 Å². The molecule has 0 spiro atoms. The molecule has 1 amide bonds. The number of para-hydroxylation sites is 1. The first-order valence-electron chi connectivity index (χ1n) is 10.9. The predicted octanol–water partition coefficient (Wildman–Crippen LogP) is 6.33. The number of hydrogen-bond donors (Lipinski definition) is 1. The van der Waals surface area contributed by atoms with Crippen LogP contribution in [-0.2, 0) is 11.3 Å². The molecule has 0 atom stereocenters. The number of rotatable bonds is 7. The lowest BCUT2D eigenvalue weighted by molar-refractivity contribution is -0.115. The fourth-order valence-electron chi connectivity index (χ4n) is 3.91. The zero-order valence-electron chi connectivity index (χ0n) is 18.6. The van der Waals surface area contributed by atoms with Crippen molar-refractivity contribution in [3.8, 4) is 6.07 Å². The quantitative estimate of drug-likeness (QED) is 0.340. The molecule has 0 bridgehead atoms. The zero-order valence-corrected chi connectivity index (χ0v) is 19.4. The molecular formula is C26H26N4OS. The number of hydrogen-bond acceptors (Lipinski definition) is 4. The van der Waals surface area contributed by atoms with Crippen molar-refractivity contribution >= 4 is 45.2 Å². The maximum atomic E-state index is 12.6. The van der Waals surface area contributed by atoms with Gasteiger partial charge in [0.05, 0.1) is 5.56 Å². The number of pyridine rings is 1. The Hall–Kier alpha value is -3.30. The van der Waals surface area contributed by atoms with Crippen LogP contribution in [-0.4, -0.2) is 21.2 Å².